The summed E-state index contributed by atoms with van der Waals surface area (Å²) in [6.45, 7) is 0. The van der Waals surface area contributed by atoms with Gasteiger partial charge < -0.3 is 5.73 Å². The van der Waals surface area contributed by atoms with E-state index in [0.29, 0.717) is 12.0 Å². The molecule has 2 rings (SSSR count). The molecule has 13 heavy (non-hydrogen) atoms. The van der Waals surface area contributed by atoms with Crippen LogP contribution in [0.5, 0.6) is 0 Å². The molecule has 70 valence electrons. The molecule has 2 N–H and O–H groups in total. The van der Waals surface area contributed by atoms with Crippen LogP contribution in [0.25, 0.3) is 0 Å². The zero-order valence-electron chi connectivity index (χ0n) is 7.95. The van der Waals surface area contributed by atoms with E-state index in [0.717, 1.165) is 0 Å². The largest absolute Gasteiger partial charge is 0.327 e. The van der Waals surface area contributed by atoms with Crippen molar-refractivity contribution < 1.29 is 0 Å². The van der Waals surface area contributed by atoms with Crippen molar-refractivity contribution in [2.24, 2.45) is 5.73 Å². The molecule has 1 aromatic rings. The fourth-order valence-electron chi connectivity index (χ4n) is 2.27. The summed E-state index contributed by atoms with van der Waals surface area (Å²) in [5, 5.41) is 0. The predicted octanol–water partition coefficient (Wildman–Crippen LogP) is 2.67. The fraction of sp³-hybridized carbons (Fsp3) is 0.500. The first-order valence-corrected chi connectivity index (χ1v) is 5.18. The molecule has 0 bridgehead atoms. The highest BCUT2D eigenvalue weighted by atomic mass is 14.7. The van der Waals surface area contributed by atoms with Crippen molar-refractivity contribution in [3.63, 3.8) is 0 Å². The molecule has 1 aromatic carbocycles. The summed E-state index contributed by atoms with van der Waals surface area (Å²) in [6, 6.07) is 11.1. The van der Waals surface area contributed by atoms with Gasteiger partial charge in [0.05, 0.1) is 0 Å². The van der Waals surface area contributed by atoms with Crippen molar-refractivity contribution in [1.82, 2.24) is 0 Å². The SMILES string of the molecule is NC1CCCC[C@H]1c1ccccc1. The molecule has 0 aromatic heterocycles. The smallest absolute Gasteiger partial charge is 0.0108 e. The van der Waals surface area contributed by atoms with Gasteiger partial charge in [-0.05, 0) is 24.3 Å². The summed E-state index contributed by atoms with van der Waals surface area (Å²) < 4.78 is 0. The van der Waals surface area contributed by atoms with Gasteiger partial charge in [-0.2, -0.15) is 0 Å². The van der Waals surface area contributed by atoms with Gasteiger partial charge >= 0.3 is 0 Å². The fourth-order valence-corrected chi connectivity index (χ4v) is 2.27. The van der Waals surface area contributed by atoms with E-state index in [1.165, 1.54) is 31.2 Å². The highest BCUT2D eigenvalue weighted by molar-refractivity contribution is 5.21. The minimum atomic E-state index is 0.385. The molecule has 0 radical (unpaired) electrons. The Kier molecular flexibility index (Phi) is 2.65. The lowest BCUT2D eigenvalue weighted by atomic mass is 9.80. The molecule has 1 saturated carbocycles. The summed E-state index contributed by atoms with van der Waals surface area (Å²) in [6.07, 6.45) is 5.11. The van der Waals surface area contributed by atoms with Crippen LogP contribution in [0.15, 0.2) is 30.3 Å². The maximum Gasteiger partial charge on any atom is 0.0108 e. The molecule has 1 fully saturated rings. The second-order valence-electron chi connectivity index (χ2n) is 3.97. The average Bonchev–Trinajstić information content (AvgIpc) is 2.20. The summed E-state index contributed by atoms with van der Waals surface area (Å²) >= 11 is 0. The van der Waals surface area contributed by atoms with Crippen molar-refractivity contribution in [1.29, 1.82) is 0 Å². The van der Waals surface area contributed by atoms with Gasteiger partial charge in [-0.1, -0.05) is 43.2 Å². The minimum Gasteiger partial charge on any atom is -0.327 e. The third-order valence-electron chi connectivity index (χ3n) is 3.05. The zero-order valence-corrected chi connectivity index (χ0v) is 7.95. The van der Waals surface area contributed by atoms with E-state index in [9.17, 15) is 0 Å². The van der Waals surface area contributed by atoms with E-state index >= 15 is 0 Å². The molecule has 1 heteroatoms. The number of hydrogen-bond donors (Lipinski definition) is 1. The first kappa shape index (κ1) is 8.76. The van der Waals surface area contributed by atoms with E-state index < -0.39 is 0 Å². The maximum absolute atomic E-state index is 6.11. The molecular weight excluding hydrogens is 158 g/mol. The van der Waals surface area contributed by atoms with Gasteiger partial charge in [0, 0.05) is 6.04 Å². The van der Waals surface area contributed by atoms with Crippen LogP contribution in [0.2, 0.25) is 0 Å². The first-order chi connectivity index (χ1) is 6.38. The number of nitrogens with two attached hydrogens (primary N) is 1. The van der Waals surface area contributed by atoms with E-state index in [2.05, 4.69) is 30.3 Å². The quantitative estimate of drug-likeness (QED) is 0.697. The van der Waals surface area contributed by atoms with Gasteiger partial charge in [0.15, 0.2) is 0 Å². The van der Waals surface area contributed by atoms with E-state index in [-0.39, 0.29) is 0 Å². The maximum atomic E-state index is 6.11. The lowest BCUT2D eigenvalue weighted by Gasteiger charge is -2.28. The second kappa shape index (κ2) is 3.93. The van der Waals surface area contributed by atoms with E-state index in [1.54, 1.807) is 0 Å². The van der Waals surface area contributed by atoms with Crippen molar-refractivity contribution >= 4 is 0 Å². The van der Waals surface area contributed by atoms with Crippen LogP contribution in [-0.2, 0) is 0 Å². The van der Waals surface area contributed by atoms with E-state index in [1.807, 2.05) is 0 Å². The summed E-state index contributed by atoms with van der Waals surface area (Å²) in [7, 11) is 0. The van der Waals surface area contributed by atoms with Gasteiger partial charge in [-0.3, -0.25) is 0 Å². The Morgan fingerprint density at radius 1 is 1.00 bits per heavy atom. The molecule has 1 nitrogen and oxygen atoms in total. The minimum absolute atomic E-state index is 0.385. The zero-order chi connectivity index (χ0) is 9.10. The molecule has 1 unspecified atom stereocenters. The third kappa shape index (κ3) is 1.92. The van der Waals surface area contributed by atoms with Crippen LogP contribution in [0.4, 0.5) is 0 Å². The van der Waals surface area contributed by atoms with Crippen LogP contribution < -0.4 is 5.73 Å². The standard InChI is InChI=1S/C12H17N/c13-12-9-5-4-8-11(12)10-6-2-1-3-7-10/h1-3,6-7,11-12H,4-5,8-9,13H2/t11-,12?/m0/s1. The Balaban J connectivity index is 2.15. The average molecular weight is 175 g/mol. The van der Waals surface area contributed by atoms with Gasteiger partial charge in [0.25, 0.3) is 0 Å². The van der Waals surface area contributed by atoms with Crippen molar-refractivity contribution in [3.8, 4) is 0 Å². The predicted molar refractivity (Wildman–Crippen MR) is 55.6 cm³/mol. The van der Waals surface area contributed by atoms with Crippen LogP contribution in [-0.4, -0.2) is 6.04 Å². The molecule has 1 aliphatic carbocycles. The molecule has 1 aliphatic rings. The first-order valence-electron chi connectivity index (χ1n) is 5.18. The highest BCUT2D eigenvalue weighted by Gasteiger charge is 2.22. The van der Waals surface area contributed by atoms with Crippen LogP contribution >= 0.6 is 0 Å². The van der Waals surface area contributed by atoms with Crippen LogP contribution in [0.1, 0.15) is 37.2 Å². The highest BCUT2D eigenvalue weighted by Crippen LogP contribution is 2.31. The summed E-state index contributed by atoms with van der Waals surface area (Å²) in [4.78, 5) is 0. The van der Waals surface area contributed by atoms with Crippen LogP contribution in [0, 0.1) is 0 Å². The van der Waals surface area contributed by atoms with Gasteiger partial charge in [-0.15, -0.1) is 0 Å². The second-order valence-corrected chi connectivity index (χ2v) is 3.97. The third-order valence-corrected chi connectivity index (χ3v) is 3.05. The Labute approximate surface area is 80.0 Å². The topological polar surface area (TPSA) is 26.0 Å². The lowest BCUT2D eigenvalue weighted by Crippen LogP contribution is -2.31. The van der Waals surface area contributed by atoms with Crippen LogP contribution in [0.3, 0.4) is 0 Å². The number of benzene rings is 1. The van der Waals surface area contributed by atoms with E-state index in [4.69, 9.17) is 5.73 Å². The van der Waals surface area contributed by atoms with Crippen molar-refractivity contribution in [2.45, 2.75) is 37.6 Å². The molecule has 0 aliphatic heterocycles. The lowest BCUT2D eigenvalue weighted by molar-refractivity contribution is 0.385. The monoisotopic (exact) mass is 175 g/mol. The molecular formula is C12H17N. The molecule has 0 amide bonds. The van der Waals surface area contributed by atoms with Gasteiger partial charge in [-0.25, -0.2) is 0 Å². The number of rotatable bonds is 1. The molecule has 2 atom stereocenters. The van der Waals surface area contributed by atoms with Crippen molar-refractivity contribution in [3.05, 3.63) is 35.9 Å². The normalized spacial score (nSPS) is 28.7. The summed E-state index contributed by atoms with van der Waals surface area (Å²) in [5.74, 6) is 0.606. The Bertz CT molecular complexity index is 255. The molecule has 0 saturated heterocycles. The Hall–Kier alpha value is -0.820. The summed E-state index contributed by atoms with van der Waals surface area (Å²) in [5.41, 5.74) is 7.54. The van der Waals surface area contributed by atoms with Gasteiger partial charge in [0.1, 0.15) is 0 Å². The van der Waals surface area contributed by atoms with Gasteiger partial charge in [0.2, 0.25) is 0 Å². The Morgan fingerprint density at radius 2 is 1.69 bits per heavy atom. The van der Waals surface area contributed by atoms with Crippen molar-refractivity contribution in [2.75, 3.05) is 0 Å². The Morgan fingerprint density at radius 3 is 2.38 bits per heavy atom. The number of hydrogen-bond acceptors (Lipinski definition) is 1. The molecule has 0 spiro atoms. The molecule has 0 heterocycles.